The number of aromatic nitrogens is 5. The number of hydrogen-bond donors (Lipinski definition) is 3. The molecule has 1 aromatic carbocycles. The maximum atomic E-state index is 11.8. The Hall–Kier alpha value is -3.92. The number of nitrogens with zero attached hydrogens (tertiary/aromatic N) is 5. The lowest BCUT2D eigenvalue weighted by Gasteiger charge is -2.34. The Kier molecular flexibility index (Phi) is 4.55. The molecule has 1 fully saturated rings. The first-order chi connectivity index (χ1) is 15.0. The molecule has 1 amide bonds. The van der Waals surface area contributed by atoms with Crippen LogP contribution in [0.4, 0.5) is 11.6 Å². The van der Waals surface area contributed by atoms with Crippen molar-refractivity contribution in [3.63, 3.8) is 0 Å². The predicted molar refractivity (Wildman–Crippen MR) is 117 cm³/mol. The first kappa shape index (κ1) is 19.1. The lowest BCUT2D eigenvalue weighted by atomic mass is 10.0. The summed E-state index contributed by atoms with van der Waals surface area (Å²) in [5, 5.41) is 12.1. The molecule has 5 N–H and O–H groups in total. The van der Waals surface area contributed by atoms with Crippen molar-refractivity contribution in [2.45, 2.75) is 13.0 Å². The topological polar surface area (TPSA) is 141 Å². The number of aromatic amines is 1. The first-order valence-corrected chi connectivity index (χ1v) is 9.96. The van der Waals surface area contributed by atoms with E-state index in [1.54, 1.807) is 35.1 Å². The third kappa shape index (κ3) is 3.26. The zero-order chi connectivity index (χ0) is 21.5. The fraction of sp³-hybridized carbons (Fsp3) is 0.238. The fourth-order valence-corrected chi connectivity index (χ4v) is 3.95. The fourth-order valence-electron chi connectivity index (χ4n) is 3.95. The van der Waals surface area contributed by atoms with E-state index in [2.05, 4.69) is 27.1 Å². The van der Waals surface area contributed by atoms with Crippen molar-refractivity contribution < 1.29 is 9.53 Å². The Morgan fingerprint density at radius 2 is 2.16 bits per heavy atom. The molecule has 3 aromatic heterocycles. The number of carbonyl (C=O) groups is 1. The summed E-state index contributed by atoms with van der Waals surface area (Å²) in [6, 6.07) is 11.1. The highest BCUT2D eigenvalue weighted by molar-refractivity contribution is 6.03. The minimum absolute atomic E-state index is 0.157. The molecule has 158 valence electrons. The largest absolute Gasteiger partial charge is 0.382 e. The molecule has 0 saturated carbocycles. The zero-order valence-corrected chi connectivity index (χ0v) is 16.9. The van der Waals surface area contributed by atoms with E-state index in [0.717, 1.165) is 16.9 Å². The molecule has 10 nitrogen and oxygen atoms in total. The van der Waals surface area contributed by atoms with Crippen LogP contribution >= 0.6 is 0 Å². The second kappa shape index (κ2) is 7.40. The molecule has 0 aliphatic carbocycles. The van der Waals surface area contributed by atoms with Crippen molar-refractivity contribution in [3.8, 4) is 16.9 Å². The van der Waals surface area contributed by atoms with E-state index < -0.39 is 5.91 Å². The molecule has 5 rings (SSSR count). The van der Waals surface area contributed by atoms with Crippen LogP contribution in [-0.2, 0) is 4.74 Å². The summed E-state index contributed by atoms with van der Waals surface area (Å²) in [5.41, 5.74) is 14.5. The summed E-state index contributed by atoms with van der Waals surface area (Å²) in [6.45, 7) is 4.06. The molecule has 4 heterocycles. The number of rotatable bonds is 4. The van der Waals surface area contributed by atoms with Crippen molar-refractivity contribution in [3.05, 3.63) is 48.2 Å². The average molecular weight is 418 g/mol. The second-order valence-corrected chi connectivity index (χ2v) is 7.53. The van der Waals surface area contributed by atoms with E-state index in [-0.39, 0.29) is 6.04 Å². The minimum atomic E-state index is -0.490. The summed E-state index contributed by atoms with van der Waals surface area (Å²) < 4.78 is 7.24. The van der Waals surface area contributed by atoms with Gasteiger partial charge in [-0.05, 0) is 30.7 Å². The summed E-state index contributed by atoms with van der Waals surface area (Å²) in [4.78, 5) is 18.9. The van der Waals surface area contributed by atoms with Gasteiger partial charge in [0, 0.05) is 23.7 Å². The van der Waals surface area contributed by atoms with Gasteiger partial charge in [0.25, 0.3) is 0 Å². The Balaban J connectivity index is 1.79. The molecular weight excluding hydrogens is 396 g/mol. The zero-order valence-electron chi connectivity index (χ0n) is 16.9. The van der Waals surface area contributed by atoms with Gasteiger partial charge in [-0.1, -0.05) is 12.1 Å². The van der Waals surface area contributed by atoms with Crippen LogP contribution in [0.2, 0.25) is 0 Å². The van der Waals surface area contributed by atoms with E-state index in [9.17, 15) is 4.79 Å². The van der Waals surface area contributed by atoms with Crippen LogP contribution in [0.25, 0.3) is 28.0 Å². The van der Waals surface area contributed by atoms with Crippen LogP contribution in [0.1, 0.15) is 17.3 Å². The van der Waals surface area contributed by atoms with Gasteiger partial charge < -0.3 is 21.1 Å². The number of nitrogens with two attached hydrogens (primary N) is 2. The van der Waals surface area contributed by atoms with Gasteiger partial charge in [0.05, 0.1) is 30.8 Å². The first-order valence-electron chi connectivity index (χ1n) is 9.96. The molecule has 0 radical (unpaired) electrons. The van der Waals surface area contributed by atoms with Gasteiger partial charge in [-0.15, -0.1) is 5.10 Å². The van der Waals surface area contributed by atoms with E-state index in [1.165, 1.54) is 0 Å². The van der Waals surface area contributed by atoms with E-state index in [1.807, 2.05) is 12.1 Å². The smallest absolute Gasteiger partial charge is 0.248 e. The Labute approximate surface area is 177 Å². The third-order valence-corrected chi connectivity index (χ3v) is 5.49. The molecule has 0 spiro atoms. The summed E-state index contributed by atoms with van der Waals surface area (Å²) >= 11 is 0. The predicted octanol–water partition coefficient (Wildman–Crippen LogP) is 1.72. The minimum Gasteiger partial charge on any atom is -0.382 e. The number of morpholine rings is 1. The number of amides is 1. The third-order valence-electron chi connectivity index (χ3n) is 5.49. The molecule has 1 aliphatic rings. The van der Waals surface area contributed by atoms with E-state index >= 15 is 0 Å². The van der Waals surface area contributed by atoms with Gasteiger partial charge in [-0.25, -0.2) is 4.98 Å². The number of H-pyrrole nitrogens is 1. The molecule has 4 aromatic rings. The van der Waals surface area contributed by atoms with Crippen molar-refractivity contribution >= 4 is 28.6 Å². The van der Waals surface area contributed by atoms with Crippen molar-refractivity contribution in [2.75, 3.05) is 30.4 Å². The van der Waals surface area contributed by atoms with Crippen LogP contribution < -0.4 is 16.4 Å². The molecule has 10 heteroatoms. The van der Waals surface area contributed by atoms with E-state index in [4.69, 9.17) is 21.2 Å². The lowest BCUT2D eigenvalue weighted by molar-refractivity contribution is 0.0985. The standard InChI is InChI=1S/C21H22N8O2/c1-12-11-31-8-7-28(12)17-10-15(13-3-2-4-14(9-13)20(23)30)18-19(22)27-29(21(18)25-17)16-5-6-24-26-16/h2-6,9-10,12H,7-8,11H2,1H3,(H2,22,27)(H2,23,30)(H,24,26). The van der Waals surface area contributed by atoms with Crippen LogP contribution in [0.15, 0.2) is 42.6 Å². The van der Waals surface area contributed by atoms with Crippen molar-refractivity contribution in [1.82, 2.24) is 25.0 Å². The molecule has 0 bridgehead atoms. The number of pyridine rings is 1. The number of ether oxygens (including phenoxy) is 1. The second-order valence-electron chi connectivity index (χ2n) is 7.53. The van der Waals surface area contributed by atoms with E-state index in [0.29, 0.717) is 48.0 Å². The number of hydrogen-bond acceptors (Lipinski definition) is 7. The van der Waals surface area contributed by atoms with Gasteiger partial charge >= 0.3 is 0 Å². The SMILES string of the molecule is CC1COCCN1c1cc(-c2cccc(C(N)=O)c2)c2c(N)nn(-c3ccn[nH]3)c2n1. The summed E-state index contributed by atoms with van der Waals surface area (Å²) in [5.74, 6) is 1.27. The van der Waals surface area contributed by atoms with Crippen LogP contribution in [0, 0.1) is 0 Å². The van der Waals surface area contributed by atoms with Crippen LogP contribution in [0.5, 0.6) is 0 Å². The number of anilines is 2. The molecular formula is C21H22N8O2. The Morgan fingerprint density at radius 3 is 2.90 bits per heavy atom. The summed E-state index contributed by atoms with van der Waals surface area (Å²) in [7, 11) is 0. The van der Waals surface area contributed by atoms with Crippen LogP contribution in [-0.4, -0.2) is 56.7 Å². The highest BCUT2D eigenvalue weighted by Gasteiger charge is 2.25. The highest BCUT2D eigenvalue weighted by Crippen LogP contribution is 2.36. The van der Waals surface area contributed by atoms with Gasteiger partial charge in [0.15, 0.2) is 17.3 Å². The number of carbonyl (C=O) groups excluding carboxylic acids is 1. The average Bonchev–Trinajstić information content (AvgIpc) is 3.42. The number of benzene rings is 1. The molecule has 1 aliphatic heterocycles. The number of nitrogen functional groups attached to an aromatic ring is 1. The Bertz CT molecular complexity index is 1260. The monoisotopic (exact) mass is 418 g/mol. The van der Waals surface area contributed by atoms with Crippen LogP contribution in [0.3, 0.4) is 0 Å². The normalized spacial score (nSPS) is 16.7. The number of fused-ring (bicyclic) bond motifs is 1. The maximum absolute atomic E-state index is 11.8. The maximum Gasteiger partial charge on any atom is 0.248 e. The molecule has 1 saturated heterocycles. The number of primary amides is 1. The van der Waals surface area contributed by atoms with Gasteiger partial charge in [0.1, 0.15) is 5.82 Å². The summed E-state index contributed by atoms with van der Waals surface area (Å²) in [6.07, 6.45) is 1.64. The van der Waals surface area contributed by atoms with Gasteiger partial charge in [-0.3, -0.25) is 9.89 Å². The Morgan fingerprint density at radius 1 is 1.29 bits per heavy atom. The lowest BCUT2D eigenvalue weighted by Crippen LogP contribution is -2.44. The quantitative estimate of drug-likeness (QED) is 0.458. The molecule has 1 atom stereocenters. The molecule has 1 unspecified atom stereocenters. The van der Waals surface area contributed by atoms with Crippen molar-refractivity contribution in [1.29, 1.82) is 0 Å². The number of nitrogens with one attached hydrogen (secondary N) is 1. The molecule has 31 heavy (non-hydrogen) atoms. The van der Waals surface area contributed by atoms with Crippen molar-refractivity contribution in [2.24, 2.45) is 5.73 Å². The van der Waals surface area contributed by atoms with Gasteiger partial charge in [0.2, 0.25) is 5.91 Å². The van der Waals surface area contributed by atoms with Gasteiger partial charge in [-0.2, -0.15) is 9.78 Å². The highest BCUT2D eigenvalue weighted by atomic mass is 16.5.